The van der Waals surface area contributed by atoms with Gasteiger partial charge in [0.1, 0.15) is 28.3 Å². The normalized spacial score (nSPS) is 14.7. The van der Waals surface area contributed by atoms with Crippen LogP contribution >= 0.6 is 23.7 Å². The molecule has 0 N–H and O–H groups in total. The monoisotopic (exact) mass is 479 g/mol. The van der Waals surface area contributed by atoms with Crippen molar-refractivity contribution in [3.63, 3.8) is 0 Å². The van der Waals surface area contributed by atoms with Crippen LogP contribution in [0.4, 0.5) is 5.13 Å². The Morgan fingerprint density at radius 2 is 1.78 bits per heavy atom. The Morgan fingerprint density at radius 3 is 2.47 bits per heavy atom. The zero-order valence-electron chi connectivity index (χ0n) is 18.4. The molecule has 0 aliphatic carbocycles. The third-order valence-corrected chi connectivity index (χ3v) is 6.04. The Balaban J connectivity index is 0.00000289. The highest BCUT2D eigenvalue weighted by atomic mass is 35.5. The average molecular weight is 480 g/mol. The molecule has 4 rings (SSSR count). The minimum absolute atomic E-state index is 0. The molecule has 0 saturated carbocycles. The lowest BCUT2D eigenvalue weighted by Gasteiger charge is -2.30. The smallest absolute Gasteiger partial charge is 0.273 e. The van der Waals surface area contributed by atoms with Gasteiger partial charge in [-0.15, -0.1) is 12.4 Å². The van der Waals surface area contributed by atoms with Crippen LogP contribution in [0.1, 0.15) is 0 Å². The van der Waals surface area contributed by atoms with Crippen LogP contribution in [-0.4, -0.2) is 69.9 Å². The Morgan fingerprint density at radius 1 is 1.09 bits per heavy atom. The number of rotatable bonds is 7. The second-order valence-electron chi connectivity index (χ2n) is 7.30. The zero-order valence-corrected chi connectivity index (χ0v) is 20.0. The molecular weight excluding hydrogens is 454 g/mol. The summed E-state index contributed by atoms with van der Waals surface area (Å²) in [5.74, 6) is 2.32. The highest BCUT2D eigenvalue weighted by Crippen LogP contribution is 2.40. The fourth-order valence-electron chi connectivity index (χ4n) is 3.30. The van der Waals surface area contributed by atoms with E-state index in [1.165, 1.54) is 11.3 Å². The molecule has 0 fully saturated rings. The fourth-order valence-corrected chi connectivity index (χ4v) is 4.41. The first-order chi connectivity index (χ1) is 15.0. The summed E-state index contributed by atoms with van der Waals surface area (Å²) < 4.78 is 23.5. The average Bonchev–Trinajstić information content (AvgIpc) is 3.23. The van der Waals surface area contributed by atoms with E-state index in [0.29, 0.717) is 46.7 Å². The van der Waals surface area contributed by atoms with Gasteiger partial charge in [-0.2, -0.15) is 0 Å². The molecule has 1 unspecified atom stereocenters. The fraction of sp³-hybridized carbons (Fsp3) is 0.364. The Bertz CT molecular complexity index is 1050. The van der Waals surface area contributed by atoms with E-state index in [1.807, 2.05) is 49.3 Å². The first-order valence-electron chi connectivity index (χ1n) is 9.88. The molecule has 2 aromatic carbocycles. The molecular formula is C22H26ClN3O5S. The number of para-hydroxylation sites is 2. The Hall–Kier alpha value is -2.75. The van der Waals surface area contributed by atoms with Crippen molar-refractivity contribution >= 4 is 45.0 Å². The minimum atomic E-state index is -0.757. The molecule has 0 saturated heterocycles. The molecule has 0 radical (unpaired) electrons. The number of amides is 1. The Labute approximate surface area is 197 Å². The molecule has 32 heavy (non-hydrogen) atoms. The van der Waals surface area contributed by atoms with Crippen molar-refractivity contribution in [2.75, 3.05) is 52.9 Å². The molecule has 2 heterocycles. The molecule has 0 spiro atoms. The molecule has 3 aromatic rings. The lowest BCUT2D eigenvalue weighted by molar-refractivity contribution is -0.127. The summed E-state index contributed by atoms with van der Waals surface area (Å²) in [6.45, 7) is 1.27. The van der Waals surface area contributed by atoms with Crippen LogP contribution in [-0.2, 0) is 4.79 Å². The van der Waals surface area contributed by atoms with Crippen LogP contribution in [0.2, 0.25) is 0 Å². The van der Waals surface area contributed by atoms with E-state index in [0.717, 1.165) is 4.70 Å². The largest absolute Gasteiger partial charge is 0.495 e. The van der Waals surface area contributed by atoms with Gasteiger partial charge in [0.15, 0.2) is 16.6 Å². The van der Waals surface area contributed by atoms with Crippen LogP contribution < -0.4 is 23.8 Å². The molecule has 172 valence electrons. The predicted octanol–water partition coefficient (Wildman–Crippen LogP) is 3.47. The lowest BCUT2D eigenvalue weighted by Crippen LogP contribution is -2.48. The standard InChI is InChI=1S/C22H25N3O5S.ClH/c1-24(2)11-12-25(21(26)18-13-29-14-7-5-6-8-15(14)30-18)22-23-19-16(27-3)9-10-17(28-4)20(19)31-22;/h5-10,18H,11-13H2,1-4H3;1H. The maximum Gasteiger partial charge on any atom is 0.273 e. The summed E-state index contributed by atoms with van der Waals surface area (Å²) in [7, 11) is 7.13. The third kappa shape index (κ3) is 4.69. The van der Waals surface area contributed by atoms with Gasteiger partial charge in [0.2, 0.25) is 6.10 Å². The van der Waals surface area contributed by atoms with Gasteiger partial charge in [-0.25, -0.2) is 4.98 Å². The van der Waals surface area contributed by atoms with Crippen molar-refractivity contribution in [3.8, 4) is 23.0 Å². The number of anilines is 1. The highest BCUT2D eigenvalue weighted by Gasteiger charge is 2.33. The second kappa shape index (κ2) is 10.2. The van der Waals surface area contributed by atoms with Crippen molar-refractivity contribution in [1.82, 2.24) is 9.88 Å². The summed E-state index contributed by atoms with van der Waals surface area (Å²) in [6.07, 6.45) is -0.757. The molecule has 1 atom stereocenters. The number of carbonyl (C=O) groups excluding carboxylic acids is 1. The number of fused-ring (bicyclic) bond motifs is 2. The number of ether oxygens (including phenoxy) is 4. The first kappa shape index (κ1) is 23.9. The number of benzene rings is 2. The van der Waals surface area contributed by atoms with Crippen LogP contribution in [0.15, 0.2) is 36.4 Å². The number of thiazole rings is 1. The number of carbonyl (C=O) groups is 1. The number of methoxy groups -OCH3 is 2. The summed E-state index contributed by atoms with van der Waals surface area (Å²) in [6, 6.07) is 11.0. The first-order valence-corrected chi connectivity index (χ1v) is 10.7. The molecule has 8 nitrogen and oxygen atoms in total. The third-order valence-electron chi connectivity index (χ3n) is 4.95. The highest BCUT2D eigenvalue weighted by molar-refractivity contribution is 7.22. The van der Waals surface area contributed by atoms with Crippen LogP contribution in [0, 0.1) is 0 Å². The zero-order chi connectivity index (χ0) is 22.0. The van der Waals surface area contributed by atoms with Crippen LogP contribution in [0.25, 0.3) is 10.2 Å². The maximum absolute atomic E-state index is 13.5. The van der Waals surface area contributed by atoms with Gasteiger partial charge in [-0.1, -0.05) is 23.5 Å². The molecule has 10 heteroatoms. The number of hydrogen-bond donors (Lipinski definition) is 0. The van der Waals surface area contributed by atoms with E-state index in [1.54, 1.807) is 25.2 Å². The van der Waals surface area contributed by atoms with Gasteiger partial charge in [0.05, 0.1) is 14.2 Å². The van der Waals surface area contributed by atoms with Crippen molar-refractivity contribution < 1.29 is 23.7 Å². The molecule has 1 aromatic heterocycles. The van der Waals surface area contributed by atoms with Crippen LogP contribution in [0.5, 0.6) is 23.0 Å². The number of hydrogen-bond acceptors (Lipinski definition) is 8. The van der Waals surface area contributed by atoms with Gasteiger partial charge in [0.25, 0.3) is 5.91 Å². The van der Waals surface area contributed by atoms with Gasteiger partial charge >= 0.3 is 0 Å². The number of aromatic nitrogens is 1. The van der Waals surface area contributed by atoms with E-state index in [9.17, 15) is 4.79 Å². The van der Waals surface area contributed by atoms with Crippen LogP contribution in [0.3, 0.4) is 0 Å². The topological polar surface area (TPSA) is 73.4 Å². The lowest BCUT2D eigenvalue weighted by atomic mass is 10.2. The van der Waals surface area contributed by atoms with Gasteiger partial charge in [0, 0.05) is 13.1 Å². The Kier molecular flexibility index (Phi) is 7.65. The van der Waals surface area contributed by atoms with E-state index in [4.69, 9.17) is 23.9 Å². The predicted molar refractivity (Wildman–Crippen MR) is 127 cm³/mol. The second-order valence-corrected chi connectivity index (χ2v) is 8.28. The van der Waals surface area contributed by atoms with E-state index in [2.05, 4.69) is 0 Å². The molecule has 1 aliphatic heterocycles. The summed E-state index contributed by atoms with van der Waals surface area (Å²) in [5, 5.41) is 0.562. The molecule has 1 aliphatic rings. The summed E-state index contributed by atoms with van der Waals surface area (Å²) in [5.41, 5.74) is 0.663. The van der Waals surface area contributed by atoms with Crippen molar-refractivity contribution in [2.45, 2.75) is 6.10 Å². The summed E-state index contributed by atoms with van der Waals surface area (Å²) >= 11 is 1.39. The van der Waals surface area contributed by atoms with E-state index >= 15 is 0 Å². The van der Waals surface area contributed by atoms with Gasteiger partial charge < -0.3 is 23.8 Å². The van der Waals surface area contributed by atoms with Crippen molar-refractivity contribution in [3.05, 3.63) is 36.4 Å². The van der Waals surface area contributed by atoms with Crippen molar-refractivity contribution in [2.24, 2.45) is 0 Å². The van der Waals surface area contributed by atoms with E-state index in [-0.39, 0.29) is 24.9 Å². The number of nitrogens with zero attached hydrogens (tertiary/aromatic N) is 3. The maximum atomic E-state index is 13.5. The molecule has 0 bridgehead atoms. The van der Waals surface area contributed by atoms with Crippen molar-refractivity contribution in [1.29, 1.82) is 0 Å². The summed E-state index contributed by atoms with van der Waals surface area (Å²) in [4.78, 5) is 21.9. The SMILES string of the molecule is COc1ccc(OC)c2sc(N(CCN(C)C)C(=O)C3COc4ccccc4O3)nc12.Cl. The van der Waals surface area contributed by atoms with Gasteiger partial charge in [-0.3, -0.25) is 9.69 Å². The van der Waals surface area contributed by atoms with Gasteiger partial charge in [-0.05, 0) is 38.4 Å². The number of likely N-dealkylation sites (N-methyl/N-ethyl adjacent to an activating group) is 1. The minimum Gasteiger partial charge on any atom is -0.495 e. The molecule has 1 amide bonds. The van der Waals surface area contributed by atoms with E-state index < -0.39 is 6.10 Å². The quantitative estimate of drug-likeness (QED) is 0.513. The number of halogens is 1.